The first kappa shape index (κ1) is 15.5. The number of rotatable bonds is 7. The summed E-state index contributed by atoms with van der Waals surface area (Å²) in [6.07, 6.45) is 1.41. The minimum atomic E-state index is -0.664. The zero-order chi connectivity index (χ0) is 14.3. The van der Waals surface area contributed by atoms with Crippen molar-refractivity contribution in [3.8, 4) is 5.75 Å². The van der Waals surface area contributed by atoms with E-state index in [-0.39, 0.29) is 11.7 Å². The van der Waals surface area contributed by atoms with Gasteiger partial charge in [-0.1, -0.05) is 19.1 Å². The fourth-order valence-corrected chi connectivity index (χ4v) is 2.00. The number of nitrogens with one attached hydrogen (secondary N) is 1. The van der Waals surface area contributed by atoms with Gasteiger partial charge in [-0.3, -0.25) is 4.79 Å². The summed E-state index contributed by atoms with van der Waals surface area (Å²) < 4.78 is 5.13. The summed E-state index contributed by atoms with van der Waals surface area (Å²) >= 11 is 0. The Morgan fingerprint density at radius 1 is 1.32 bits per heavy atom. The van der Waals surface area contributed by atoms with Gasteiger partial charge in [0.1, 0.15) is 11.3 Å². The van der Waals surface area contributed by atoms with Crippen molar-refractivity contribution >= 4 is 5.97 Å². The molecule has 0 saturated carbocycles. The highest BCUT2D eigenvalue weighted by Gasteiger charge is 2.33. The normalized spacial score (nSPS) is 13.8. The summed E-state index contributed by atoms with van der Waals surface area (Å²) in [4.78, 5) is 12.0. The number of benzene rings is 1. The molecular formula is C15H23NO3. The predicted octanol–water partition coefficient (Wildman–Crippen LogP) is 2.26. The molecule has 1 atom stereocenters. The van der Waals surface area contributed by atoms with Gasteiger partial charge in [0.05, 0.1) is 6.61 Å². The van der Waals surface area contributed by atoms with Crippen LogP contribution in [0.1, 0.15) is 32.8 Å². The van der Waals surface area contributed by atoms with E-state index in [9.17, 15) is 9.90 Å². The van der Waals surface area contributed by atoms with Gasteiger partial charge in [0.25, 0.3) is 0 Å². The molecule has 0 aliphatic carbocycles. The Labute approximate surface area is 114 Å². The summed E-state index contributed by atoms with van der Waals surface area (Å²) in [5, 5.41) is 12.4. The first-order chi connectivity index (χ1) is 9.01. The molecule has 0 aliphatic rings. The van der Waals surface area contributed by atoms with Gasteiger partial charge in [-0.2, -0.15) is 0 Å². The number of phenols is 1. The maximum atomic E-state index is 12.0. The van der Waals surface area contributed by atoms with Crippen LogP contribution < -0.4 is 5.32 Å². The molecule has 2 N–H and O–H groups in total. The highest BCUT2D eigenvalue weighted by Crippen LogP contribution is 2.18. The van der Waals surface area contributed by atoms with E-state index < -0.39 is 5.54 Å². The van der Waals surface area contributed by atoms with Crippen molar-refractivity contribution in [2.75, 3.05) is 13.2 Å². The first-order valence-electron chi connectivity index (χ1n) is 6.72. The van der Waals surface area contributed by atoms with Crippen molar-refractivity contribution in [3.05, 3.63) is 29.8 Å². The number of ether oxygens (including phenoxy) is 1. The summed E-state index contributed by atoms with van der Waals surface area (Å²) in [5.41, 5.74) is 0.425. The average Bonchev–Trinajstić information content (AvgIpc) is 2.39. The second kappa shape index (κ2) is 7.14. The summed E-state index contributed by atoms with van der Waals surface area (Å²) in [7, 11) is 0. The zero-order valence-corrected chi connectivity index (χ0v) is 11.9. The molecule has 0 aromatic heterocycles. The molecule has 4 nitrogen and oxygen atoms in total. The summed E-state index contributed by atoms with van der Waals surface area (Å²) in [6, 6.07) is 7.05. The molecule has 19 heavy (non-hydrogen) atoms. The van der Waals surface area contributed by atoms with E-state index in [0.717, 1.165) is 12.0 Å². The topological polar surface area (TPSA) is 58.6 Å². The molecule has 0 heterocycles. The van der Waals surface area contributed by atoms with Crippen LogP contribution in [0, 0.1) is 0 Å². The molecule has 1 aromatic rings. The lowest BCUT2D eigenvalue weighted by Crippen LogP contribution is -2.50. The molecule has 0 aliphatic heterocycles. The van der Waals surface area contributed by atoms with Crippen LogP contribution in [0.5, 0.6) is 5.75 Å². The number of esters is 1. The Bertz CT molecular complexity index is 402. The largest absolute Gasteiger partial charge is 0.508 e. The molecule has 1 rings (SSSR count). The van der Waals surface area contributed by atoms with E-state index in [4.69, 9.17) is 4.74 Å². The number of likely N-dealkylation sites (N-methyl/N-ethyl adjacent to an activating group) is 1. The van der Waals surface area contributed by atoms with Crippen LogP contribution in [0.3, 0.4) is 0 Å². The van der Waals surface area contributed by atoms with Crippen LogP contribution in [-0.2, 0) is 16.0 Å². The maximum Gasteiger partial charge on any atom is 0.326 e. The van der Waals surface area contributed by atoms with Gasteiger partial charge >= 0.3 is 5.97 Å². The number of aromatic hydroxyl groups is 1. The highest BCUT2D eigenvalue weighted by molar-refractivity contribution is 5.80. The van der Waals surface area contributed by atoms with Crippen LogP contribution in [0.2, 0.25) is 0 Å². The van der Waals surface area contributed by atoms with Crippen LogP contribution in [0.25, 0.3) is 0 Å². The Morgan fingerprint density at radius 3 is 2.47 bits per heavy atom. The highest BCUT2D eigenvalue weighted by atomic mass is 16.5. The lowest BCUT2D eigenvalue weighted by molar-refractivity contribution is -0.150. The smallest absolute Gasteiger partial charge is 0.326 e. The minimum Gasteiger partial charge on any atom is -0.508 e. The lowest BCUT2D eigenvalue weighted by atomic mass is 9.93. The Balaban J connectivity index is 2.67. The third-order valence-corrected chi connectivity index (χ3v) is 3.14. The molecule has 0 bridgehead atoms. The molecule has 0 radical (unpaired) electrons. The van der Waals surface area contributed by atoms with Crippen molar-refractivity contribution in [3.63, 3.8) is 0 Å². The number of hydrogen-bond donors (Lipinski definition) is 2. The van der Waals surface area contributed by atoms with Crippen molar-refractivity contribution < 1.29 is 14.6 Å². The van der Waals surface area contributed by atoms with E-state index >= 15 is 0 Å². The Morgan fingerprint density at radius 2 is 1.95 bits per heavy atom. The van der Waals surface area contributed by atoms with Gasteiger partial charge in [-0.15, -0.1) is 0 Å². The number of carbonyl (C=O) groups excluding carboxylic acids is 1. The summed E-state index contributed by atoms with van der Waals surface area (Å²) in [6.45, 7) is 6.75. The second-order valence-corrected chi connectivity index (χ2v) is 4.75. The standard InChI is InChI=1S/C15H23NO3/c1-4-16-15(3,14(18)19-5-2)11-10-12-6-8-13(17)9-7-12/h6-9,16-17H,4-5,10-11H2,1-3H3. The molecule has 0 amide bonds. The lowest BCUT2D eigenvalue weighted by Gasteiger charge is -2.28. The van der Waals surface area contributed by atoms with Crippen molar-refractivity contribution in [2.45, 2.75) is 39.2 Å². The molecule has 106 valence electrons. The average molecular weight is 265 g/mol. The van der Waals surface area contributed by atoms with Gasteiger partial charge in [0, 0.05) is 0 Å². The van der Waals surface area contributed by atoms with E-state index in [1.807, 2.05) is 32.9 Å². The van der Waals surface area contributed by atoms with Gasteiger partial charge in [-0.25, -0.2) is 0 Å². The molecule has 0 spiro atoms. The Kier molecular flexibility index (Phi) is 5.83. The second-order valence-electron chi connectivity index (χ2n) is 4.75. The quantitative estimate of drug-likeness (QED) is 0.742. The SMILES string of the molecule is CCNC(C)(CCc1ccc(O)cc1)C(=O)OCC. The van der Waals surface area contributed by atoms with Crippen LogP contribution in [0.4, 0.5) is 0 Å². The first-order valence-corrected chi connectivity index (χ1v) is 6.72. The zero-order valence-electron chi connectivity index (χ0n) is 11.9. The van der Waals surface area contributed by atoms with Crippen molar-refractivity contribution in [1.82, 2.24) is 5.32 Å². The number of carbonyl (C=O) groups is 1. The molecule has 0 saturated heterocycles. The summed E-state index contributed by atoms with van der Waals surface area (Å²) in [5.74, 6) is 0.0409. The van der Waals surface area contributed by atoms with Gasteiger partial charge in [0.2, 0.25) is 0 Å². The fourth-order valence-electron chi connectivity index (χ4n) is 2.00. The third-order valence-electron chi connectivity index (χ3n) is 3.14. The minimum absolute atomic E-state index is 0.212. The van der Waals surface area contributed by atoms with E-state index in [2.05, 4.69) is 5.32 Å². The third kappa shape index (κ3) is 4.56. The molecule has 4 heteroatoms. The number of hydrogen-bond acceptors (Lipinski definition) is 4. The number of phenolic OH excluding ortho intramolecular Hbond substituents is 1. The molecule has 1 unspecified atom stereocenters. The van der Waals surface area contributed by atoms with Crippen molar-refractivity contribution in [1.29, 1.82) is 0 Å². The fraction of sp³-hybridized carbons (Fsp3) is 0.533. The molecule has 0 fully saturated rings. The molecular weight excluding hydrogens is 242 g/mol. The van der Waals surface area contributed by atoms with Gasteiger partial charge in [0.15, 0.2) is 0 Å². The van der Waals surface area contributed by atoms with Gasteiger partial charge < -0.3 is 15.2 Å². The predicted molar refractivity (Wildman–Crippen MR) is 75.1 cm³/mol. The maximum absolute atomic E-state index is 12.0. The van der Waals surface area contributed by atoms with Crippen LogP contribution in [-0.4, -0.2) is 29.8 Å². The van der Waals surface area contributed by atoms with E-state index in [0.29, 0.717) is 19.6 Å². The number of aryl methyl sites for hydroxylation is 1. The van der Waals surface area contributed by atoms with E-state index in [1.165, 1.54) is 0 Å². The van der Waals surface area contributed by atoms with Crippen LogP contribution in [0.15, 0.2) is 24.3 Å². The van der Waals surface area contributed by atoms with Crippen molar-refractivity contribution in [2.24, 2.45) is 0 Å². The monoisotopic (exact) mass is 265 g/mol. The Hall–Kier alpha value is -1.55. The van der Waals surface area contributed by atoms with Crippen LogP contribution >= 0.6 is 0 Å². The van der Waals surface area contributed by atoms with Gasteiger partial charge in [-0.05, 0) is 50.9 Å². The van der Waals surface area contributed by atoms with E-state index in [1.54, 1.807) is 12.1 Å². The molecule has 1 aromatic carbocycles.